The lowest BCUT2D eigenvalue weighted by Gasteiger charge is -2.39. The van der Waals surface area contributed by atoms with Gasteiger partial charge in [-0.15, -0.1) is 0 Å². The highest BCUT2D eigenvalue weighted by molar-refractivity contribution is 5.74. The van der Waals surface area contributed by atoms with Crippen LogP contribution >= 0.6 is 0 Å². The van der Waals surface area contributed by atoms with Crippen LogP contribution in [0.2, 0.25) is 0 Å². The fraction of sp³-hybridized carbons (Fsp3) is 0.457. The minimum absolute atomic E-state index is 0.0343. The molecule has 0 aromatic heterocycles. The summed E-state index contributed by atoms with van der Waals surface area (Å²) in [7, 11) is 0. The molecule has 2 aliphatic rings. The average Bonchev–Trinajstić information content (AvgIpc) is 3.01. The van der Waals surface area contributed by atoms with Gasteiger partial charge < -0.3 is 30.1 Å². The second kappa shape index (κ2) is 15.3. The summed E-state index contributed by atoms with van der Waals surface area (Å²) in [5.74, 6) is 0. The first-order chi connectivity index (χ1) is 20.6. The summed E-state index contributed by atoms with van der Waals surface area (Å²) in [6, 6.07) is 24.5. The van der Waals surface area contributed by atoms with Gasteiger partial charge in [0.15, 0.2) is 6.29 Å². The Balaban J connectivity index is 1.33. The van der Waals surface area contributed by atoms with Gasteiger partial charge in [0.1, 0.15) is 0 Å². The van der Waals surface area contributed by atoms with Crippen molar-refractivity contribution in [2.75, 3.05) is 26.2 Å². The van der Waals surface area contributed by atoms with Gasteiger partial charge in [-0.05, 0) is 60.7 Å². The van der Waals surface area contributed by atoms with Crippen molar-refractivity contribution in [3.63, 3.8) is 0 Å². The number of amides is 2. The molecule has 0 radical (unpaired) electrons. The molecule has 2 fully saturated rings. The number of aliphatic hydroxyl groups excluding tert-OH is 1. The van der Waals surface area contributed by atoms with E-state index >= 15 is 0 Å². The molecule has 2 saturated heterocycles. The molecule has 0 bridgehead atoms. The van der Waals surface area contributed by atoms with E-state index in [4.69, 9.17) is 9.47 Å². The highest BCUT2D eigenvalue weighted by atomic mass is 16.7. The molecule has 0 spiro atoms. The normalized spacial score (nSPS) is 21.7. The maximum absolute atomic E-state index is 12.0. The second-order valence-corrected chi connectivity index (χ2v) is 11.4. The van der Waals surface area contributed by atoms with Gasteiger partial charge in [0, 0.05) is 31.6 Å². The third-order valence-electron chi connectivity index (χ3n) is 8.31. The Morgan fingerprint density at radius 3 is 2.26 bits per heavy atom. The van der Waals surface area contributed by atoms with Crippen LogP contribution in [0.1, 0.15) is 80.1 Å². The molecule has 2 heterocycles. The lowest BCUT2D eigenvalue weighted by atomic mass is 9.97. The van der Waals surface area contributed by atoms with Gasteiger partial charge >= 0.3 is 6.03 Å². The zero-order valence-corrected chi connectivity index (χ0v) is 24.8. The van der Waals surface area contributed by atoms with Crippen LogP contribution in [0.5, 0.6) is 0 Å². The minimum Gasteiger partial charge on any atom is -0.392 e. The van der Waals surface area contributed by atoms with Crippen LogP contribution in [-0.4, -0.2) is 48.3 Å². The number of nitrogens with one attached hydrogen (secondary N) is 2. The Bertz CT molecular complexity index is 1260. The molecule has 7 heteroatoms. The SMILES string of the molecule is CCNC(=O)NCc1ccccc1-c1ccc([C@@H]2O[C@H](CN3CCCCCCC3)C[C@H](c3ccc(CO)cc3)O2)cc1. The van der Waals surface area contributed by atoms with Crippen LogP contribution < -0.4 is 10.6 Å². The van der Waals surface area contributed by atoms with Crippen LogP contribution in [0.15, 0.2) is 72.8 Å². The standard InChI is InChI=1S/C35H45N3O4/c1-2-36-35(40)37-23-30-10-6-7-11-32(30)27-16-18-29(19-17-27)34-41-31(24-38-20-8-4-3-5-9-21-38)22-33(42-34)28-14-12-26(25-39)13-15-28/h6-7,10-19,31,33-34,39H,2-5,8-9,20-25H2,1H3,(H2,36,37,40)/t31-,33+,34+/m0/s1. The topological polar surface area (TPSA) is 83.1 Å². The van der Waals surface area contributed by atoms with Crippen molar-refractivity contribution in [2.45, 2.75) is 77.1 Å². The van der Waals surface area contributed by atoms with Crippen LogP contribution in [-0.2, 0) is 22.6 Å². The summed E-state index contributed by atoms with van der Waals surface area (Å²) in [5, 5.41) is 15.2. The number of likely N-dealkylation sites (tertiary alicyclic amines) is 1. The number of aliphatic hydroxyl groups is 1. The van der Waals surface area contributed by atoms with E-state index in [1.165, 1.54) is 32.1 Å². The number of nitrogens with zero attached hydrogens (tertiary/aromatic N) is 1. The fourth-order valence-electron chi connectivity index (χ4n) is 5.99. The first-order valence-electron chi connectivity index (χ1n) is 15.6. The van der Waals surface area contributed by atoms with Crippen molar-refractivity contribution >= 4 is 6.03 Å². The highest BCUT2D eigenvalue weighted by Crippen LogP contribution is 2.39. The fourth-order valence-corrected chi connectivity index (χ4v) is 5.99. The Hall–Kier alpha value is -3.23. The molecule has 3 N–H and O–H groups in total. The van der Waals surface area contributed by atoms with Crippen LogP contribution in [0.25, 0.3) is 11.1 Å². The molecular formula is C35H45N3O4. The average molecular weight is 572 g/mol. The quantitative estimate of drug-likeness (QED) is 0.274. The van der Waals surface area contributed by atoms with Crippen molar-refractivity contribution in [1.82, 2.24) is 15.5 Å². The molecule has 3 aromatic carbocycles. The summed E-state index contributed by atoms with van der Waals surface area (Å²) in [5.41, 5.74) is 6.23. The van der Waals surface area contributed by atoms with E-state index in [-0.39, 0.29) is 24.8 Å². The molecule has 7 nitrogen and oxygen atoms in total. The van der Waals surface area contributed by atoms with Crippen LogP contribution in [0.4, 0.5) is 4.79 Å². The molecule has 3 aromatic rings. The van der Waals surface area contributed by atoms with Gasteiger partial charge in [0.25, 0.3) is 0 Å². The van der Waals surface area contributed by atoms with E-state index in [1.807, 2.05) is 37.3 Å². The molecule has 3 atom stereocenters. The van der Waals surface area contributed by atoms with Gasteiger partial charge in [-0.1, -0.05) is 92.1 Å². The van der Waals surface area contributed by atoms with E-state index in [2.05, 4.69) is 58.0 Å². The van der Waals surface area contributed by atoms with Crippen LogP contribution in [0.3, 0.4) is 0 Å². The predicted octanol–water partition coefficient (Wildman–Crippen LogP) is 6.48. The first-order valence-corrected chi connectivity index (χ1v) is 15.6. The van der Waals surface area contributed by atoms with E-state index in [0.717, 1.165) is 59.4 Å². The summed E-state index contributed by atoms with van der Waals surface area (Å²) in [6.45, 7) is 6.15. The molecule has 42 heavy (non-hydrogen) atoms. The van der Waals surface area contributed by atoms with Crippen molar-refractivity contribution < 1.29 is 19.4 Å². The minimum atomic E-state index is -0.468. The summed E-state index contributed by atoms with van der Waals surface area (Å²) < 4.78 is 13.2. The largest absolute Gasteiger partial charge is 0.392 e. The number of ether oxygens (including phenoxy) is 2. The zero-order valence-electron chi connectivity index (χ0n) is 24.8. The number of hydrogen-bond acceptors (Lipinski definition) is 5. The third-order valence-corrected chi connectivity index (χ3v) is 8.31. The number of carbonyl (C=O) groups is 1. The monoisotopic (exact) mass is 571 g/mol. The smallest absolute Gasteiger partial charge is 0.315 e. The second-order valence-electron chi connectivity index (χ2n) is 11.4. The van der Waals surface area contributed by atoms with E-state index in [0.29, 0.717) is 13.1 Å². The number of hydrogen-bond donors (Lipinski definition) is 3. The molecule has 0 saturated carbocycles. The Morgan fingerprint density at radius 2 is 1.55 bits per heavy atom. The molecule has 0 aliphatic carbocycles. The molecular weight excluding hydrogens is 526 g/mol. The van der Waals surface area contributed by atoms with E-state index < -0.39 is 6.29 Å². The van der Waals surface area contributed by atoms with Gasteiger partial charge in [-0.25, -0.2) is 4.79 Å². The number of benzene rings is 3. The maximum Gasteiger partial charge on any atom is 0.315 e. The molecule has 2 amide bonds. The lowest BCUT2D eigenvalue weighted by molar-refractivity contribution is -0.253. The highest BCUT2D eigenvalue weighted by Gasteiger charge is 2.33. The maximum atomic E-state index is 12.0. The zero-order chi connectivity index (χ0) is 29.1. The number of carbonyl (C=O) groups excluding carboxylic acids is 1. The summed E-state index contributed by atoms with van der Waals surface area (Å²) >= 11 is 0. The molecule has 0 unspecified atom stereocenters. The summed E-state index contributed by atoms with van der Waals surface area (Å²) in [4.78, 5) is 14.5. The van der Waals surface area contributed by atoms with Crippen molar-refractivity contribution in [3.05, 3.63) is 95.1 Å². The molecule has 224 valence electrons. The summed E-state index contributed by atoms with van der Waals surface area (Å²) in [6.07, 6.45) is 6.78. The van der Waals surface area contributed by atoms with E-state index in [1.54, 1.807) is 0 Å². The predicted molar refractivity (Wildman–Crippen MR) is 166 cm³/mol. The number of rotatable bonds is 9. The van der Waals surface area contributed by atoms with Crippen LogP contribution in [0, 0.1) is 0 Å². The Morgan fingerprint density at radius 1 is 0.857 bits per heavy atom. The first kappa shape index (κ1) is 30.2. The molecule has 2 aliphatic heterocycles. The van der Waals surface area contributed by atoms with Crippen molar-refractivity contribution in [2.24, 2.45) is 0 Å². The van der Waals surface area contributed by atoms with Gasteiger partial charge in [0.05, 0.1) is 18.8 Å². The lowest BCUT2D eigenvalue weighted by Crippen LogP contribution is -2.40. The van der Waals surface area contributed by atoms with Gasteiger partial charge in [0.2, 0.25) is 0 Å². The van der Waals surface area contributed by atoms with Gasteiger partial charge in [-0.2, -0.15) is 0 Å². The Labute approximate surface area is 250 Å². The van der Waals surface area contributed by atoms with E-state index in [9.17, 15) is 9.90 Å². The third kappa shape index (κ3) is 8.19. The number of urea groups is 1. The molecule has 5 rings (SSSR count). The van der Waals surface area contributed by atoms with Crippen molar-refractivity contribution in [1.29, 1.82) is 0 Å². The van der Waals surface area contributed by atoms with Gasteiger partial charge in [-0.3, -0.25) is 0 Å². The Kier molecular flexibility index (Phi) is 11.0. The van der Waals surface area contributed by atoms with Crippen molar-refractivity contribution in [3.8, 4) is 11.1 Å².